The minimum absolute atomic E-state index is 0.211. The Balaban J connectivity index is 1.66. The van der Waals surface area contributed by atoms with E-state index in [-0.39, 0.29) is 12.2 Å². The molecule has 0 radical (unpaired) electrons. The third-order valence-electron chi connectivity index (χ3n) is 5.81. The van der Waals surface area contributed by atoms with Crippen LogP contribution < -0.4 is 24.4 Å². The summed E-state index contributed by atoms with van der Waals surface area (Å²) in [6, 6.07) is 12.9. The molecule has 0 N–H and O–H groups in total. The molecule has 0 saturated heterocycles. The van der Waals surface area contributed by atoms with Crippen LogP contribution in [0.2, 0.25) is 0 Å². The maximum atomic E-state index is 13.7. The largest absolute Gasteiger partial charge is 0.486 e. The van der Waals surface area contributed by atoms with Crippen molar-refractivity contribution in [2.75, 3.05) is 26.1 Å². The van der Waals surface area contributed by atoms with Gasteiger partial charge in [0.2, 0.25) is 0 Å². The van der Waals surface area contributed by atoms with E-state index < -0.39 is 12.0 Å². The van der Waals surface area contributed by atoms with Gasteiger partial charge < -0.3 is 14.2 Å². The second-order valence-corrected chi connectivity index (χ2v) is 9.87. The number of nitrogens with zero attached hydrogens (tertiary/aromatic N) is 2. The van der Waals surface area contributed by atoms with Gasteiger partial charge in [-0.05, 0) is 61.6 Å². The summed E-state index contributed by atoms with van der Waals surface area (Å²) in [5.74, 6) is 0.886. The predicted molar refractivity (Wildman–Crippen MR) is 136 cm³/mol. The number of benzene rings is 2. The van der Waals surface area contributed by atoms with Crippen molar-refractivity contribution in [1.29, 1.82) is 0 Å². The van der Waals surface area contributed by atoms with E-state index in [1.54, 1.807) is 30.2 Å². The summed E-state index contributed by atoms with van der Waals surface area (Å²) in [4.78, 5) is 32.9. The van der Waals surface area contributed by atoms with Crippen molar-refractivity contribution < 1.29 is 19.0 Å². The van der Waals surface area contributed by atoms with Gasteiger partial charge in [-0.2, -0.15) is 0 Å². The molecule has 7 nitrogen and oxygen atoms in total. The van der Waals surface area contributed by atoms with Crippen molar-refractivity contribution in [1.82, 2.24) is 4.57 Å². The first-order chi connectivity index (χ1) is 17.0. The van der Waals surface area contributed by atoms with Crippen LogP contribution in [0.5, 0.6) is 11.5 Å². The lowest BCUT2D eigenvalue weighted by molar-refractivity contribution is -0.139. The zero-order valence-electron chi connectivity index (χ0n) is 19.6. The number of carbonyl (C=O) groups excluding carboxylic acids is 1. The number of hydrogen-bond donors (Lipinski definition) is 0. The first-order valence-electron chi connectivity index (χ1n) is 11.2. The number of esters is 1. The number of rotatable bonds is 5. The number of ether oxygens (including phenoxy) is 3. The molecule has 0 aliphatic carbocycles. The van der Waals surface area contributed by atoms with Gasteiger partial charge in [0.1, 0.15) is 13.2 Å². The summed E-state index contributed by atoms with van der Waals surface area (Å²) in [5.41, 5.74) is 2.36. The molecule has 3 aromatic rings. The van der Waals surface area contributed by atoms with Crippen LogP contribution in [0.25, 0.3) is 6.08 Å². The smallest absolute Gasteiger partial charge is 0.338 e. The van der Waals surface area contributed by atoms with Crippen molar-refractivity contribution >= 4 is 35.1 Å². The van der Waals surface area contributed by atoms with Crippen molar-refractivity contribution in [3.05, 3.63) is 84.5 Å². The number of fused-ring (bicyclic) bond motifs is 2. The summed E-state index contributed by atoms with van der Waals surface area (Å²) >= 11 is 2.93. The third-order valence-corrected chi connectivity index (χ3v) is 7.54. The van der Waals surface area contributed by atoms with Gasteiger partial charge >= 0.3 is 5.97 Å². The van der Waals surface area contributed by atoms with Gasteiger partial charge in [0.25, 0.3) is 5.56 Å². The first-order valence-corrected chi connectivity index (χ1v) is 13.3. The maximum Gasteiger partial charge on any atom is 0.338 e. The summed E-state index contributed by atoms with van der Waals surface area (Å²) in [7, 11) is 0. The Hall–Kier alpha value is -3.30. The van der Waals surface area contributed by atoms with E-state index in [2.05, 4.69) is 4.99 Å². The van der Waals surface area contributed by atoms with Gasteiger partial charge in [0.15, 0.2) is 16.3 Å². The first kappa shape index (κ1) is 23.4. The summed E-state index contributed by atoms with van der Waals surface area (Å²) in [5, 5.41) is 0. The van der Waals surface area contributed by atoms with E-state index in [4.69, 9.17) is 14.2 Å². The molecule has 0 unspecified atom stereocenters. The standard InChI is InChI=1S/C26H24N2O5S2/c1-4-31-25(30)22-15(2)27-26-28(23(22)17-6-8-18(34-3)9-7-17)24(29)21(35-26)14-16-5-10-19-20(13-16)33-12-11-32-19/h5-10,13-14,23H,4,11-12H2,1-3H3/b21-14-/t23-/m0/s1. The Labute approximate surface area is 210 Å². The van der Waals surface area contributed by atoms with Crippen LogP contribution in [0, 0.1) is 0 Å². The highest BCUT2D eigenvalue weighted by molar-refractivity contribution is 7.98. The van der Waals surface area contributed by atoms with Gasteiger partial charge in [-0.15, -0.1) is 11.8 Å². The topological polar surface area (TPSA) is 79.1 Å². The van der Waals surface area contributed by atoms with Gasteiger partial charge in [-0.3, -0.25) is 9.36 Å². The number of allylic oxidation sites excluding steroid dienone is 1. The fourth-order valence-electron chi connectivity index (χ4n) is 4.19. The molecule has 1 atom stereocenters. The summed E-state index contributed by atoms with van der Waals surface area (Å²) in [6.45, 7) is 4.79. The van der Waals surface area contributed by atoms with Crippen molar-refractivity contribution in [2.24, 2.45) is 4.99 Å². The molecule has 1 aromatic heterocycles. The van der Waals surface area contributed by atoms with E-state index in [0.29, 0.717) is 45.3 Å². The number of thiazole rings is 1. The molecule has 2 aliphatic rings. The van der Waals surface area contributed by atoms with Crippen LogP contribution in [0.4, 0.5) is 0 Å². The van der Waals surface area contributed by atoms with Gasteiger partial charge in [-0.1, -0.05) is 29.5 Å². The van der Waals surface area contributed by atoms with E-state index in [1.807, 2.05) is 54.8 Å². The predicted octanol–water partition coefficient (Wildman–Crippen LogP) is 3.29. The Bertz CT molecular complexity index is 1500. The Morgan fingerprint density at radius 1 is 1.20 bits per heavy atom. The molecule has 9 heteroatoms. The van der Waals surface area contributed by atoms with Gasteiger partial charge in [0.05, 0.1) is 28.5 Å². The fourth-order valence-corrected chi connectivity index (χ4v) is 5.65. The van der Waals surface area contributed by atoms with Crippen molar-refractivity contribution in [2.45, 2.75) is 24.8 Å². The van der Waals surface area contributed by atoms with Crippen LogP contribution in [0.3, 0.4) is 0 Å². The van der Waals surface area contributed by atoms with E-state index in [9.17, 15) is 9.59 Å². The molecule has 0 amide bonds. The fraction of sp³-hybridized carbons (Fsp3) is 0.269. The van der Waals surface area contributed by atoms with E-state index in [0.717, 1.165) is 16.0 Å². The number of aromatic nitrogens is 1. The monoisotopic (exact) mass is 508 g/mol. The summed E-state index contributed by atoms with van der Waals surface area (Å²) < 4.78 is 18.7. The van der Waals surface area contributed by atoms with Crippen LogP contribution in [-0.2, 0) is 9.53 Å². The molecule has 3 heterocycles. The molecule has 2 aliphatic heterocycles. The Morgan fingerprint density at radius 3 is 2.66 bits per heavy atom. The summed E-state index contributed by atoms with van der Waals surface area (Å²) in [6.07, 6.45) is 3.82. The molecule has 0 bridgehead atoms. The van der Waals surface area contributed by atoms with Crippen LogP contribution in [-0.4, -0.2) is 36.6 Å². The average Bonchev–Trinajstić information content (AvgIpc) is 3.17. The zero-order valence-corrected chi connectivity index (χ0v) is 21.2. The highest BCUT2D eigenvalue weighted by Crippen LogP contribution is 2.32. The molecule has 5 rings (SSSR count). The lowest BCUT2D eigenvalue weighted by Gasteiger charge is -2.24. The highest BCUT2D eigenvalue weighted by atomic mass is 32.2. The molecule has 0 spiro atoms. The average molecular weight is 509 g/mol. The minimum atomic E-state index is -0.622. The van der Waals surface area contributed by atoms with Crippen LogP contribution in [0.15, 0.2) is 68.4 Å². The van der Waals surface area contributed by atoms with E-state index >= 15 is 0 Å². The van der Waals surface area contributed by atoms with E-state index in [1.165, 1.54) is 11.3 Å². The SMILES string of the molecule is CCOC(=O)C1=C(C)N=c2s/c(=C\c3ccc4c(c3)OCCO4)c(=O)n2[C@H]1c1ccc(SC)cc1. The highest BCUT2D eigenvalue weighted by Gasteiger charge is 2.33. The molecule has 180 valence electrons. The van der Waals surface area contributed by atoms with Crippen LogP contribution in [0.1, 0.15) is 31.0 Å². The quantitative estimate of drug-likeness (QED) is 0.389. The maximum absolute atomic E-state index is 13.7. The van der Waals surface area contributed by atoms with Crippen LogP contribution >= 0.6 is 23.1 Å². The lowest BCUT2D eigenvalue weighted by atomic mass is 9.96. The molecule has 2 aromatic carbocycles. The van der Waals surface area contributed by atoms with Crippen molar-refractivity contribution in [3.63, 3.8) is 0 Å². The van der Waals surface area contributed by atoms with Gasteiger partial charge in [0, 0.05) is 4.90 Å². The van der Waals surface area contributed by atoms with Gasteiger partial charge in [-0.25, -0.2) is 9.79 Å². The number of carbonyl (C=O) groups is 1. The molecule has 35 heavy (non-hydrogen) atoms. The molecule has 0 fully saturated rings. The second-order valence-electron chi connectivity index (χ2n) is 7.98. The molecular weight excluding hydrogens is 484 g/mol. The Kier molecular flexibility index (Phi) is 6.53. The Morgan fingerprint density at radius 2 is 1.94 bits per heavy atom. The number of hydrogen-bond acceptors (Lipinski definition) is 8. The minimum Gasteiger partial charge on any atom is -0.486 e. The normalized spacial score (nSPS) is 17.1. The van der Waals surface area contributed by atoms with Crippen molar-refractivity contribution in [3.8, 4) is 11.5 Å². The zero-order chi connectivity index (χ0) is 24.5. The lowest BCUT2D eigenvalue weighted by Crippen LogP contribution is -2.39. The molecule has 0 saturated carbocycles. The number of thioether (sulfide) groups is 1. The molecular formula is C26H24N2O5S2. The third kappa shape index (κ3) is 4.41. The second kappa shape index (κ2) is 9.75.